The van der Waals surface area contributed by atoms with E-state index in [1.165, 1.54) is 10.4 Å². The van der Waals surface area contributed by atoms with Crippen molar-refractivity contribution in [3.8, 4) is 0 Å². The lowest BCUT2D eigenvalue weighted by atomic mass is 10.0. The van der Waals surface area contributed by atoms with Crippen LogP contribution in [0.5, 0.6) is 0 Å². The highest BCUT2D eigenvalue weighted by molar-refractivity contribution is 7.10. The van der Waals surface area contributed by atoms with Crippen molar-refractivity contribution < 1.29 is 4.92 Å². The summed E-state index contributed by atoms with van der Waals surface area (Å²) in [7, 11) is 0. The Morgan fingerprint density at radius 3 is 2.65 bits per heavy atom. The Morgan fingerprint density at radius 1 is 1.30 bits per heavy atom. The Bertz CT molecular complexity index is 622. The van der Waals surface area contributed by atoms with E-state index in [1.807, 2.05) is 19.1 Å². The SMILES string of the molecule is Cc1ccc(C(C)NCc2sccc2C)cc1[N+](=O)[O-]. The normalized spacial score (nSPS) is 12.3. The van der Waals surface area contributed by atoms with E-state index in [0.29, 0.717) is 5.56 Å². The molecule has 1 unspecified atom stereocenters. The molecule has 1 aromatic carbocycles. The summed E-state index contributed by atoms with van der Waals surface area (Å²) in [5.41, 5.74) is 3.10. The zero-order chi connectivity index (χ0) is 14.7. The van der Waals surface area contributed by atoms with E-state index in [-0.39, 0.29) is 16.7 Å². The van der Waals surface area contributed by atoms with Gasteiger partial charge in [-0.1, -0.05) is 12.1 Å². The van der Waals surface area contributed by atoms with Crippen LogP contribution in [0.1, 0.15) is 34.5 Å². The van der Waals surface area contributed by atoms with Crippen molar-refractivity contribution >= 4 is 17.0 Å². The zero-order valence-corrected chi connectivity index (χ0v) is 12.7. The van der Waals surface area contributed by atoms with Gasteiger partial charge in [0.25, 0.3) is 5.69 Å². The molecule has 2 rings (SSSR count). The van der Waals surface area contributed by atoms with Crippen molar-refractivity contribution in [1.82, 2.24) is 5.32 Å². The Kier molecular flexibility index (Phi) is 4.52. The maximum Gasteiger partial charge on any atom is 0.272 e. The molecular weight excluding hydrogens is 272 g/mol. The number of nitrogens with one attached hydrogen (secondary N) is 1. The predicted octanol–water partition coefficient (Wildman–Crippen LogP) is 4.12. The molecule has 0 radical (unpaired) electrons. The molecule has 0 fully saturated rings. The van der Waals surface area contributed by atoms with Crippen molar-refractivity contribution in [2.24, 2.45) is 0 Å². The minimum absolute atomic E-state index is 0.0794. The van der Waals surface area contributed by atoms with Crippen LogP contribution in [-0.4, -0.2) is 4.92 Å². The van der Waals surface area contributed by atoms with Crippen molar-refractivity contribution in [3.05, 3.63) is 61.3 Å². The third-order valence-electron chi connectivity index (χ3n) is 3.47. The molecule has 5 heteroatoms. The van der Waals surface area contributed by atoms with Gasteiger partial charge in [0.1, 0.15) is 0 Å². The Balaban J connectivity index is 2.09. The highest BCUT2D eigenvalue weighted by Crippen LogP contribution is 2.24. The van der Waals surface area contributed by atoms with Gasteiger partial charge in [-0.05, 0) is 43.3 Å². The molecule has 0 saturated carbocycles. The summed E-state index contributed by atoms with van der Waals surface area (Å²) in [5, 5.41) is 16.5. The molecule has 1 heterocycles. The van der Waals surface area contributed by atoms with Crippen molar-refractivity contribution in [2.45, 2.75) is 33.4 Å². The monoisotopic (exact) mass is 290 g/mol. The summed E-state index contributed by atoms with van der Waals surface area (Å²) in [6, 6.07) is 7.59. The lowest BCUT2D eigenvalue weighted by Crippen LogP contribution is -2.18. The van der Waals surface area contributed by atoms with Crippen LogP contribution in [0.15, 0.2) is 29.6 Å². The van der Waals surface area contributed by atoms with E-state index >= 15 is 0 Å². The van der Waals surface area contributed by atoms with Gasteiger partial charge in [0.2, 0.25) is 0 Å². The number of benzene rings is 1. The number of nitro benzene ring substituents is 1. The van der Waals surface area contributed by atoms with Crippen LogP contribution in [0.4, 0.5) is 5.69 Å². The van der Waals surface area contributed by atoms with Crippen LogP contribution in [0.3, 0.4) is 0 Å². The van der Waals surface area contributed by atoms with Crippen LogP contribution >= 0.6 is 11.3 Å². The first-order valence-corrected chi connectivity index (χ1v) is 7.38. The fraction of sp³-hybridized carbons (Fsp3) is 0.333. The molecule has 2 aromatic rings. The topological polar surface area (TPSA) is 55.2 Å². The van der Waals surface area contributed by atoms with Gasteiger partial charge in [-0.15, -0.1) is 11.3 Å². The summed E-state index contributed by atoms with van der Waals surface area (Å²) in [5.74, 6) is 0. The van der Waals surface area contributed by atoms with E-state index < -0.39 is 0 Å². The van der Waals surface area contributed by atoms with Gasteiger partial charge in [0.15, 0.2) is 0 Å². The molecule has 1 N–H and O–H groups in total. The molecule has 0 saturated heterocycles. The van der Waals surface area contributed by atoms with Crippen LogP contribution < -0.4 is 5.32 Å². The van der Waals surface area contributed by atoms with Gasteiger partial charge in [0, 0.05) is 29.1 Å². The Hall–Kier alpha value is -1.72. The van der Waals surface area contributed by atoms with E-state index in [4.69, 9.17) is 0 Å². The fourth-order valence-corrected chi connectivity index (χ4v) is 2.90. The van der Waals surface area contributed by atoms with Crippen molar-refractivity contribution in [2.75, 3.05) is 0 Å². The molecule has 1 atom stereocenters. The quantitative estimate of drug-likeness (QED) is 0.665. The molecule has 106 valence electrons. The molecule has 0 aliphatic rings. The summed E-state index contributed by atoms with van der Waals surface area (Å²) in [6.07, 6.45) is 0. The first-order chi connectivity index (χ1) is 9.49. The van der Waals surface area contributed by atoms with Gasteiger partial charge < -0.3 is 5.32 Å². The van der Waals surface area contributed by atoms with Gasteiger partial charge in [-0.3, -0.25) is 10.1 Å². The van der Waals surface area contributed by atoms with E-state index in [1.54, 1.807) is 24.3 Å². The highest BCUT2D eigenvalue weighted by Gasteiger charge is 2.14. The highest BCUT2D eigenvalue weighted by atomic mass is 32.1. The van der Waals surface area contributed by atoms with Gasteiger partial charge in [-0.2, -0.15) is 0 Å². The van der Waals surface area contributed by atoms with Crippen molar-refractivity contribution in [1.29, 1.82) is 0 Å². The smallest absolute Gasteiger partial charge is 0.272 e. The van der Waals surface area contributed by atoms with Gasteiger partial charge in [-0.25, -0.2) is 0 Å². The molecule has 4 nitrogen and oxygen atoms in total. The van der Waals surface area contributed by atoms with Crippen LogP contribution in [0.2, 0.25) is 0 Å². The Morgan fingerprint density at radius 2 is 2.05 bits per heavy atom. The second-order valence-electron chi connectivity index (χ2n) is 4.93. The number of hydrogen-bond acceptors (Lipinski definition) is 4. The standard InChI is InChI=1S/C15H18N2O2S/c1-10-4-5-13(8-14(10)17(18)19)12(3)16-9-15-11(2)6-7-20-15/h4-8,12,16H,9H2,1-3H3. The molecular formula is C15H18N2O2S. The third kappa shape index (κ3) is 3.23. The number of hydrogen-bond donors (Lipinski definition) is 1. The first kappa shape index (κ1) is 14.7. The number of thiophene rings is 1. The zero-order valence-electron chi connectivity index (χ0n) is 11.8. The van der Waals surface area contributed by atoms with E-state index in [9.17, 15) is 10.1 Å². The van der Waals surface area contributed by atoms with Crippen molar-refractivity contribution in [3.63, 3.8) is 0 Å². The second-order valence-corrected chi connectivity index (χ2v) is 5.93. The largest absolute Gasteiger partial charge is 0.305 e. The van der Waals surface area contributed by atoms with Gasteiger partial charge in [0.05, 0.1) is 4.92 Å². The first-order valence-electron chi connectivity index (χ1n) is 6.50. The molecule has 0 amide bonds. The molecule has 0 aliphatic heterocycles. The lowest BCUT2D eigenvalue weighted by molar-refractivity contribution is -0.385. The average Bonchev–Trinajstić information content (AvgIpc) is 2.81. The van der Waals surface area contributed by atoms with E-state index in [0.717, 1.165) is 12.1 Å². The molecule has 0 bridgehead atoms. The van der Waals surface area contributed by atoms with Gasteiger partial charge >= 0.3 is 0 Å². The summed E-state index contributed by atoms with van der Waals surface area (Å²) < 4.78 is 0. The van der Waals surface area contributed by atoms with Crippen LogP contribution in [0, 0.1) is 24.0 Å². The third-order valence-corrected chi connectivity index (χ3v) is 4.49. The predicted molar refractivity (Wildman–Crippen MR) is 82.1 cm³/mol. The summed E-state index contributed by atoms with van der Waals surface area (Å²) >= 11 is 1.73. The molecule has 20 heavy (non-hydrogen) atoms. The maximum atomic E-state index is 11.0. The molecule has 0 aliphatic carbocycles. The minimum Gasteiger partial charge on any atom is -0.305 e. The number of nitro groups is 1. The second kappa shape index (κ2) is 6.15. The van der Waals surface area contributed by atoms with Crippen LogP contribution in [-0.2, 0) is 6.54 Å². The number of nitrogens with zero attached hydrogens (tertiary/aromatic N) is 1. The molecule has 0 spiro atoms. The summed E-state index contributed by atoms with van der Waals surface area (Å²) in [4.78, 5) is 12.0. The fourth-order valence-electron chi connectivity index (χ4n) is 2.04. The average molecular weight is 290 g/mol. The summed E-state index contributed by atoms with van der Waals surface area (Å²) in [6.45, 7) is 6.66. The lowest BCUT2D eigenvalue weighted by Gasteiger charge is -2.14. The number of rotatable bonds is 5. The van der Waals surface area contributed by atoms with Crippen LogP contribution in [0.25, 0.3) is 0 Å². The molecule has 1 aromatic heterocycles. The minimum atomic E-state index is -0.324. The maximum absolute atomic E-state index is 11.0. The number of aryl methyl sites for hydroxylation is 2. The van der Waals surface area contributed by atoms with E-state index in [2.05, 4.69) is 23.7 Å². The Labute approximate surface area is 122 Å².